The highest BCUT2D eigenvalue weighted by Crippen LogP contribution is 2.37. The molecule has 1 aliphatic rings. The minimum absolute atomic E-state index is 0.257. The number of hydrogen-bond donors (Lipinski definition) is 2. The predicted octanol–water partition coefficient (Wildman–Crippen LogP) is 2.92. The van der Waals surface area contributed by atoms with E-state index in [1.54, 1.807) is 25.1 Å². The Hall–Kier alpha value is -2.87. The number of benzene rings is 1. The van der Waals surface area contributed by atoms with E-state index in [2.05, 4.69) is 5.32 Å². The van der Waals surface area contributed by atoms with Crippen LogP contribution in [0.15, 0.2) is 24.3 Å². The van der Waals surface area contributed by atoms with Crippen LogP contribution in [0.2, 0.25) is 0 Å². The Morgan fingerprint density at radius 1 is 1.21 bits per heavy atom. The van der Waals surface area contributed by atoms with Gasteiger partial charge in [-0.15, -0.1) is 11.3 Å². The topological polar surface area (TPSA) is 108 Å². The molecule has 8 heteroatoms. The van der Waals surface area contributed by atoms with Gasteiger partial charge in [-0.25, -0.2) is 4.79 Å². The maximum atomic E-state index is 12.3. The first kappa shape index (κ1) is 19.9. The molecule has 28 heavy (non-hydrogen) atoms. The molecule has 1 aromatic carbocycles. The van der Waals surface area contributed by atoms with Crippen molar-refractivity contribution >= 4 is 34.1 Å². The molecular weight excluding hydrogens is 380 g/mol. The fourth-order valence-electron chi connectivity index (χ4n) is 3.15. The van der Waals surface area contributed by atoms with Crippen molar-refractivity contribution in [1.29, 1.82) is 0 Å². The molecule has 2 amide bonds. The van der Waals surface area contributed by atoms with Crippen LogP contribution in [0, 0.1) is 0 Å². The van der Waals surface area contributed by atoms with Crippen molar-refractivity contribution in [2.75, 3.05) is 18.5 Å². The molecule has 0 fully saturated rings. The normalized spacial score (nSPS) is 12.8. The summed E-state index contributed by atoms with van der Waals surface area (Å²) in [5, 5.41) is 3.22. The van der Waals surface area contributed by atoms with E-state index in [-0.39, 0.29) is 13.2 Å². The number of rotatable bonds is 7. The van der Waals surface area contributed by atoms with Crippen molar-refractivity contribution in [3.05, 3.63) is 45.8 Å². The van der Waals surface area contributed by atoms with Crippen LogP contribution in [0.4, 0.5) is 5.00 Å². The number of aryl methyl sites for hydroxylation is 1. The number of hydrogen-bond acceptors (Lipinski definition) is 6. The van der Waals surface area contributed by atoms with Crippen LogP contribution >= 0.6 is 11.3 Å². The van der Waals surface area contributed by atoms with Gasteiger partial charge >= 0.3 is 5.97 Å². The van der Waals surface area contributed by atoms with Gasteiger partial charge in [-0.2, -0.15) is 0 Å². The van der Waals surface area contributed by atoms with Gasteiger partial charge in [0, 0.05) is 4.88 Å². The van der Waals surface area contributed by atoms with Crippen LogP contribution in [-0.2, 0) is 22.4 Å². The number of fused-ring (bicyclic) bond motifs is 1. The van der Waals surface area contributed by atoms with E-state index in [0.29, 0.717) is 21.9 Å². The number of carbonyl (C=O) groups excluding carboxylic acids is 3. The summed E-state index contributed by atoms with van der Waals surface area (Å²) in [5.74, 6) is -1.01. The zero-order chi connectivity index (χ0) is 20.1. The SMILES string of the molecule is CCOC(=O)c1cccc(OCC(=O)Nc2sc3c(c2C(N)=O)CCCC3)c1. The van der Waals surface area contributed by atoms with Crippen molar-refractivity contribution in [1.82, 2.24) is 0 Å². The number of nitrogens with one attached hydrogen (secondary N) is 1. The number of thiophene rings is 1. The molecule has 0 saturated heterocycles. The van der Waals surface area contributed by atoms with Gasteiger partial charge in [-0.05, 0) is 56.4 Å². The third-order valence-corrected chi connectivity index (χ3v) is 5.59. The molecule has 0 atom stereocenters. The van der Waals surface area contributed by atoms with Crippen LogP contribution in [0.25, 0.3) is 0 Å². The molecule has 1 aromatic heterocycles. The lowest BCUT2D eigenvalue weighted by Gasteiger charge is -2.11. The first-order valence-corrected chi connectivity index (χ1v) is 9.95. The number of esters is 1. The van der Waals surface area contributed by atoms with E-state index in [9.17, 15) is 14.4 Å². The van der Waals surface area contributed by atoms with E-state index in [0.717, 1.165) is 36.1 Å². The Bertz CT molecular complexity index is 906. The highest BCUT2D eigenvalue weighted by molar-refractivity contribution is 7.17. The lowest BCUT2D eigenvalue weighted by molar-refractivity contribution is -0.118. The van der Waals surface area contributed by atoms with Gasteiger partial charge in [0.1, 0.15) is 10.8 Å². The van der Waals surface area contributed by atoms with E-state index >= 15 is 0 Å². The molecule has 1 aliphatic carbocycles. The summed E-state index contributed by atoms with van der Waals surface area (Å²) < 4.78 is 10.4. The van der Waals surface area contributed by atoms with Crippen LogP contribution in [0.3, 0.4) is 0 Å². The smallest absolute Gasteiger partial charge is 0.338 e. The summed E-state index contributed by atoms with van der Waals surface area (Å²) in [7, 11) is 0. The standard InChI is InChI=1S/C20H22N2O5S/c1-2-26-20(25)12-6-5-7-13(10-12)27-11-16(23)22-19-17(18(21)24)14-8-3-4-9-15(14)28-19/h5-7,10H,2-4,8-9,11H2,1H3,(H2,21,24)(H,22,23). The van der Waals surface area contributed by atoms with Crippen LogP contribution in [0.5, 0.6) is 5.75 Å². The third-order valence-electron chi connectivity index (χ3n) is 4.39. The van der Waals surface area contributed by atoms with E-state index in [1.807, 2.05) is 0 Å². The van der Waals surface area contributed by atoms with Gasteiger partial charge in [0.05, 0.1) is 17.7 Å². The van der Waals surface area contributed by atoms with Crippen molar-refractivity contribution < 1.29 is 23.9 Å². The molecule has 0 aliphatic heterocycles. The van der Waals surface area contributed by atoms with Gasteiger partial charge in [-0.1, -0.05) is 6.07 Å². The monoisotopic (exact) mass is 402 g/mol. The molecule has 0 radical (unpaired) electrons. The predicted molar refractivity (Wildman–Crippen MR) is 106 cm³/mol. The lowest BCUT2D eigenvalue weighted by Crippen LogP contribution is -2.22. The average molecular weight is 402 g/mol. The number of amides is 2. The second-order valence-electron chi connectivity index (χ2n) is 6.36. The van der Waals surface area contributed by atoms with Crippen molar-refractivity contribution in [3.63, 3.8) is 0 Å². The zero-order valence-electron chi connectivity index (χ0n) is 15.6. The summed E-state index contributed by atoms with van der Waals surface area (Å²) in [6.45, 7) is 1.75. The molecule has 1 heterocycles. The number of nitrogens with two attached hydrogens (primary N) is 1. The second kappa shape index (κ2) is 8.88. The van der Waals surface area contributed by atoms with E-state index in [1.165, 1.54) is 17.4 Å². The van der Waals surface area contributed by atoms with Gasteiger partial charge < -0.3 is 20.5 Å². The fourth-order valence-corrected chi connectivity index (χ4v) is 4.46. The van der Waals surface area contributed by atoms with Crippen LogP contribution < -0.4 is 15.8 Å². The van der Waals surface area contributed by atoms with Crippen molar-refractivity contribution in [2.45, 2.75) is 32.6 Å². The van der Waals surface area contributed by atoms with Gasteiger partial charge in [0.2, 0.25) is 0 Å². The van der Waals surface area contributed by atoms with Crippen molar-refractivity contribution in [2.24, 2.45) is 5.73 Å². The molecule has 0 unspecified atom stereocenters. The second-order valence-corrected chi connectivity index (χ2v) is 7.47. The highest BCUT2D eigenvalue weighted by atomic mass is 32.1. The highest BCUT2D eigenvalue weighted by Gasteiger charge is 2.25. The maximum absolute atomic E-state index is 12.3. The maximum Gasteiger partial charge on any atom is 0.338 e. The van der Waals surface area contributed by atoms with Gasteiger partial charge in [0.25, 0.3) is 11.8 Å². The summed E-state index contributed by atoms with van der Waals surface area (Å²) in [4.78, 5) is 37.1. The molecular formula is C20H22N2O5S. The molecule has 0 bridgehead atoms. The summed E-state index contributed by atoms with van der Waals surface area (Å²) in [6, 6.07) is 6.43. The Morgan fingerprint density at radius 2 is 2.00 bits per heavy atom. The lowest BCUT2D eigenvalue weighted by atomic mass is 9.95. The molecule has 148 valence electrons. The number of anilines is 1. The van der Waals surface area contributed by atoms with Gasteiger partial charge in [-0.3, -0.25) is 9.59 Å². The summed E-state index contributed by atoms with van der Waals surface area (Å²) in [5.41, 5.74) is 7.26. The minimum Gasteiger partial charge on any atom is -0.484 e. The van der Waals surface area contributed by atoms with Crippen LogP contribution in [-0.4, -0.2) is 31.0 Å². The molecule has 3 rings (SSSR count). The van der Waals surface area contributed by atoms with Crippen LogP contribution in [0.1, 0.15) is 50.9 Å². The third kappa shape index (κ3) is 4.51. The fraction of sp³-hybridized carbons (Fsp3) is 0.350. The molecule has 2 aromatic rings. The Kier molecular flexibility index (Phi) is 6.30. The molecule has 7 nitrogen and oxygen atoms in total. The summed E-state index contributed by atoms with van der Waals surface area (Å²) >= 11 is 1.40. The largest absolute Gasteiger partial charge is 0.484 e. The Morgan fingerprint density at radius 3 is 2.75 bits per heavy atom. The van der Waals surface area contributed by atoms with Crippen molar-refractivity contribution in [3.8, 4) is 5.75 Å². The first-order valence-electron chi connectivity index (χ1n) is 9.13. The van der Waals surface area contributed by atoms with E-state index in [4.69, 9.17) is 15.2 Å². The average Bonchev–Trinajstić information content (AvgIpc) is 3.04. The zero-order valence-corrected chi connectivity index (χ0v) is 16.4. The molecule has 0 saturated carbocycles. The van der Waals surface area contributed by atoms with E-state index < -0.39 is 17.8 Å². The molecule has 3 N–H and O–H groups in total. The summed E-state index contributed by atoms with van der Waals surface area (Å²) in [6.07, 6.45) is 3.78. The number of ether oxygens (including phenoxy) is 2. The number of carbonyl (C=O) groups is 3. The Balaban J connectivity index is 1.65. The minimum atomic E-state index is -0.530. The Labute approximate surface area is 166 Å². The molecule has 0 spiro atoms. The first-order chi connectivity index (χ1) is 13.5. The quantitative estimate of drug-likeness (QED) is 0.693. The number of primary amides is 1. The van der Waals surface area contributed by atoms with Gasteiger partial charge in [0.15, 0.2) is 6.61 Å².